The first kappa shape index (κ1) is 15.3. The standard InChI is InChI=1S/C11H16N2OS.ClH/c12-7-4-8-13-11(14)9-15-10-5-2-1-3-6-10;/h1-3,5-6H,4,7-9,12H2,(H,13,14);1H. The van der Waals surface area contributed by atoms with Gasteiger partial charge in [-0.05, 0) is 25.1 Å². The van der Waals surface area contributed by atoms with E-state index >= 15 is 0 Å². The van der Waals surface area contributed by atoms with Crippen LogP contribution in [0.4, 0.5) is 0 Å². The van der Waals surface area contributed by atoms with Gasteiger partial charge in [-0.3, -0.25) is 4.79 Å². The lowest BCUT2D eigenvalue weighted by Gasteiger charge is -2.03. The summed E-state index contributed by atoms with van der Waals surface area (Å²) in [6.07, 6.45) is 0.835. The van der Waals surface area contributed by atoms with Gasteiger partial charge in [0.15, 0.2) is 0 Å². The molecule has 1 rings (SSSR count). The summed E-state index contributed by atoms with van der Waals surface area (Å²) in [5.41, 5.74) is 5.32. The number of hydrogen-bond donors (Lipinski definition) is 2. The highest BCUT2D eigenvalue weighted by Gasteiger charge is 2.00. The Morgan fingerprint density at radius 1 is 1.31 bits per heavy atom. The molecule has 0 saturated carbocycles. The van der Waals surface area contributed by atoms with Crippen LogP contribution < -0.4 is 11.1 Å². The Kier molecular flexibility index (Phi) is 9.09. The van der Waals surface area contributed by atoms with Crippen molar-refractivity contribution in [3.63, 3.8) is 0 Å². The smallest absolute Gasteiger partial charge is 0.230 e. The minimum atomic E-state index is 0. The lowest BCUT2D eigenvalue weighted by molar-refractivity contribution is -0.118. The Bertz CT molecular complexity index is 295. The van der Waals surface area contributed by atoms with Crippen molar-refractivity contribution >= 4 is 30.1 Å². The number of thioether (sulfide) groups is 1. The summed E-state index contributed by atoms with van der Waals surface area (Å²) >= 11 is 1.54. The van der Waals surface area contributed by atoms with Crippen molar-refractivity contribution in [1.82, 2.24) is 5.32 Å². The van der Waals surface area contributed by atoms with Crippen LogP contribution in [0.2, 0.25) is 0 Å². The summed E-state index contributed by atoms with van der Waals surface area (Å²) in [6.45, 7) is 1.29. The van der Waals surface area contributed by atoms with Gasteiger partial charge in [-0.15, -0.1) is 24.2 Å². The lowest BCUT2D eigenvalue weighted by atomic mass is 10.4. The Hall–Kier alpha value is -0.710. The molecule has 3 nitrogen and oxygen atoms in total. The van der Waals surface area contributed by atoms with E-state index in [-0.39, 0.29) is 18.3 Å². The first-order valence-electron chi connectivity index (χ1n) is 4.97. The fourth-order valence-electron chi connectivity index (χ4n) is 1.05. The molecule has 0 fully saturated rings. The zero-order valence-corrected chi connectivity index (χ0v) is 10.7. The van der Waals surface area contributed by atoms with Crippen molar-refractivity contribution < 1.29 is 4.79 Å². The second-order valence-corrected chi connectivity index (χ2v) is 4.14. The van der Waals surface area contributed by atoms with E-state index in [1.807, 2.05) is 30.3 Å². The van der Waals surface area contributed by atoms with E-state index in [9.17, 15) is 4.79 Å². The number of carbonyl (C=O) groups excluding carboxylic acids is 1. The van der Waals surface area contributed by atoms with Gasteiger partial charge in [0.25, 0.3) is 0 Å². The molecule has 0 aliphatic rings. The zero-order chi connectivity index (χ0) is 10.9. The van der Waals surface area contributed by atoms with E-state index in [0.717, 1.165) is 11.3 Å². The van der Waals surface area contributed by atoms with E-state index < -0.39 is 0 Å². The molecule has 0 radical (unpaired) electrons. The molecular formula is C11H17ClN2OS. The normalized spacial score (nSPS) is 9.31. The van der Waals surface area contributed by atoms with Crippen LogP contribution in [-0.2, 0) is 4.79 Å². The summed E-state index contributed by atoms with van der Waals surface area (Å²) in [5.74, 6) is 0.534. The fourth-order valence-corrected chi connectivity index (χ4v) is 1.80. The van der Waals surface area contributed by atoms with Crippen molar-refractivity contribution in [3.8, 4) is 0 Å². The first-order chi connectivity index (χ1) is 7.33. The number of rotatable bonds is 6. The molecule has 1 aromatic carbocycles. The Morgan fingerprint density at radius 3 is 2.62 bits per heavy atom. The minimum absolute atomic E-state index is 0. The molecule has 0 unspecified atom stereocenters. The molecule has 0 heterocycles. The number of nitrogens with one attached hydrogen (secondary N) is 1. The second kappa shape index (κ2) is 9.51. The topological polar surface area (TPSA) is 55.1 Å². The second-order valence-electron chi connectivity index (χ2n) is 3.09. The molecule has 0 saturated heterocycles. The predicted molar refractivity (Wildman–Crippen MR) is 71.1 cm³/mol. The third-order valence-electron chi connectivity index (χ3n) is 1.82. The van der Waals surface area contributed by atoms with Crippen LogP contribution in [0.25, 0.3) is 0 Å². The average molecular weight is 261 g/mol. The molecule has 5 heteroatoms. The van der Waals surface area contributed by atoms with Gasteiger partial charge in [0.2, 0.25) is 5.91 Å². The molecular weight excluding hydrogens is 244 g/mol. The summed E-state index contributed by atoms with van der Waals surface area (Å²) in [5, 5.41) is 2.81. The minimum Gasteiger partial charge on any atom is -0.355 e. The molecule has 0 spiro atoms. The number of amides is 1. The van der Waals surface area contributed by atoms with Gasteiger partial charge in [0.05, 0.1) is 5.75 Å². The van der Waals surface area contributed by atoms with Gasteiger partial charge in [0, 0.05) is 11.4 Å². The van der Waals surface area contributed by atoms with Crippen LogP contribution in [0, 0.1) is 0 Å². The predicted octanol–water partition coefficient (Wildman–Crippen LogP) is 1.67. The average Bonchev–Trinajstić information content (AvgIpc) is 2.28. The molecule has 3 N–H and O–H groups in total. The van der Waals surface area contributed by atoms with Crippen molar-refractivity contribution in [2.45, 2.75) is 11.3 Å². The van der Waals surface area contributed by atoms with Crippen molar-refractivity contribution in [2.75, 3.05) is 18.8 Å². The number of hydrogen-bond acceptors (Lipinski definition) is 3. The maximum Gasteiger partial charge on any atom is 0.230 e. The number of halogens is 1. The van der Waals surface area contributed by atoms with Crippen molar-refractivity contribution in [2.24, 2.45) is 5.73 Å². The van der Waals surface area contributed by atoms with E-state index in [0.29, 0.717) is 18.8 Å². The van der Waals surface area contributed by atoms with Gasteiger partial charge in [-0.1, -0.05) is 18.2 Å². The maximum absolute atomic E-state index is 11.3. The molecule has 1 amide bonds. The van der Waals surface area contributed by atoms with E-state index in [4.69, 9.17) is 5.73 Å². The van der Waals surface area contributed by atoms with Crippen LogP contribution in [-0.4, -0.2) is 24.7 Å². The Morgan fingerprint density at radius 2 is 2.00 bits per heavy atom. The third-order valence-corrected chi connectivity index (χ3v) is 2.83. The summed E-state index contributed by atoms with van der Waals surface area (Å²) < 4.78 is 0. The molecule has 0 atom stereocenters. The highest BCUT2D eigenvalue weighted by Crippen LogP contribution is 2.15. The summed E-state index contributed by atoms with van der Waals surface area (Å²) in [7, 11) is 0. The first-order valence-corrected chi connectivity index (χ1v) is 5.96. The highest BCUT2D eigenvalue weighted by atomic mass is 35.5. The maximum atomic E-state index is 11.3. The third kappa shape index (κ3) is 6.71. The monoisotopic (exact) mass is 260 g/mol. The van der Waals surface area contributed by atoms with Crippen LogP contribution in [0.15, 0.2) is 35.2 Å². The fraction of sp³-hybridized carbons (Fsp3) is 0.364. The highest BCUT2D eigenvalue weighted by molar-refractivity contribution is 8.00. The SMILES string of the molecule is Cl.NCCCNC(=O)CSc1ccccc1. The van der Waals surface area contributed by atoms with Gasteiger partial charge in [-0.2, -0.15) is 0 Å². The van der Waals surface area contributed by atoms with E-state index in [1.165, 1.54) is 0 Å². The largest absolute Gasteiger partial charge is 0.355 e. The molecule has 16 heavy (non-hydrogen) atoms. The number of benzene rings is 1. The van der Waals surface area contributed by atoms with Gasteiger partial charge in [-0.25, -0.2) is 0 Å². The zero-order valence-electron chi connectivity index (χ0n) is 9.02. The summed E-state index contributed by atoms with van der Waals surface area (Å²) in [6, 6.07) is 9.89. The Balaban J connectivity index is 0.00000225. The van der Waals surface area contributed by atoms with Crippen LogP contribution >= 0.6 is 24.2 Å². The number of nitrogens with two attached hydrogens (primary N) is 1. The molecule has 90 valence electrons. The Labute approximate surface area is 107 Å². The number of carbonyl (C=O) groups is 1. The van der Waals surface area contributed by atoms with Crippen LogP contribution in [0.3, 0.4) is 0 Å². The van der Waals surface area contributed by atoms with Crippen LogP contribution in [0.1, 0.15) is 6.42 Å². The molecule has 0 aliphatic heterocycles. The van der Waals surface area contributed by atoms with Crippen LogP contribution in [0.5, 0.6) is 0 Å². The molecule has 0 aliphatic carbocycles. The van der Waals surface area contributed by atoms with Gasteiger partial charge in [0.1, 0.15) is 0 Å². The van der Waals surface area contributed by atoms with E-state index in [2.05, 4.69) is 5.32 Å². The van der Waals surface area contributed by atoms with Gasteiger partial charge >= 0.3 is 0 Å². The van der Waals surface area contributed by atoms with E-state index in [1.54, 1.807) is 11.8 Å². The van der Waals surface area contributed by atoms with Crippen molar-refractivity contribution in [3.05, 3.63) is 30.3 Å². The molecule has 0 aromatic heterocycles. The quantitative estimate of drug-likeness (QED) is 0.604. The van der Waals surface area contributed by atoms with Gasteiger partial charge < -0.3 is 11.1 Å². The molecule has 1 aromatic rings. The molecule has 0 bridgehead atoms. The lowest BCUT2D eigenvalue weighted by Crippen LogP contribution is -2.27. The van der Waals surface area contributed by atoms with Crippen molar-refractivity contribution in [1.29, 1.82) is 0 Å². The summed E-state index contributed by atoms with van der Waals surface area (Å²) in [4.78, 5) is 12.4.